The Morgan fingerprint density at radius 2 is 1.45 bits per heavy atom. The zero-order chi connectivity index (χ0) is 22.7. The Labute approximate surface area is 174 Å². The van der Waals surface area contributed by atoms with Gasteiger partial charge in [0.2, 0.25) is 5.91 Å². The third kappa shape index (κ3) is 9.41. The minimum atomic E-state index is -6.09. The van der Waals surface area contributed by atoms with E-state index in [1.165, 1.54) is 28.8 Å². The molecule has 2 atom stereocenters. The number of carbonyl (C=O) groups is 3. The summed E-state index contributed by atoms with van der Waals surface area (Å²) in [5, 5.41) is 3.74. The van der Waals surface area contributed by atoms with Crippen molar-refractivity contribution >= 4 is 41.3 Å². The van der Waals surface area contributed by atoms with Crippen molar-refractivity contribution in [3.8, 4) is 0 Å². The van der Waals surface area contributed by atoms with E-state index in [4.69, 9.17) is 4.74 Å². The summed E-state index contributed by atoms with van der Waals surface area (Å²) in [7, 11) is 0. The van der Waals surface area contributed by atoms with Crippen LogP contribution in [-0.2, 0) is 19.1 Å². The van der Waals surface area contributed by atoms with Gasteiger partial charge in [-0.05, 0) is 43.3 Å². The van der Waals surface area contributed by atoms with Gasteiger partial charge in [0.1, 0.15) is 12.1 Å². The van der Waals surface area contributed by atoms with Crippen LogP contribution in [0, 0.1) is 0 Å². The molecule has 6 nitrogen and oxygen atoms in total. The van der Waals surface area contributed by atoms with Gasteiger partial charge in [0, 0.05) is 0 Å². The number of esters is 1. The topological polar surface area (TPSA) is 84.5 Å². The highest BCUT2D eigenvalue weighted by Crippen LogP contribution is 2.35. The zero-order valence-corrected chi connectivity index (χ0v) is 17.9. The van der Waals surface area contributed by atoms with Crippen LogP contribution in [0.15, 0.2) is 0 Å². The molecule has 2 N–H and O–H groups in total. The summed E-state index contributed by atoms with van der Waals surface area (Å²) < 4.78 is 68.5. The van der Waals surface area contributed by atoms with Crippen molar-refractivity contribution in [2.24, 2.45) is 0 Å². The lowest BCUT2D eigenvalue weighted by Crippen LogP contribution is -2.58. The maximum absolute atomic E-state index is 13.2. The van der Waals surface area contributed by atoms with Crippen LogP contribution in [-0.4, -0.2) is 72.6 Å². The molecular weight excluding hydrogens is 443 g/mol. The number of ether oxygens (including phenoxy) is 1. The summed E-state index contributed by atoms with van der Waals surface area (Å²) in [5.74, 6) is -9.40. The molecule has 0 aliphatic rings. The number of carbonyl (C=O) groups excluding carboxylic acids is 3. The molecule has 0 fully saturated rings. The Kier molecular flexibility index (Phi) is 12.6. The summed E-state index contributed by atoms with van der Waals surface area (Å²) in [4.78, 5) is 36.0. The molecule has 2 amide bonds. The van der Waals surface area contributed by atoms with Gasteiger partial charge in [0.15, 0.2) is 0 Å². The van der Waals surface area contributed by atoms with Crippen molar-refractivity contribution in [1.82, 2.24) is 10.6 Å². The molecule has 170 valence electrons. The van der Waals surface area contributed by atoms with Crippen molar-refractivity contribution < 1.29 is 41.1 Å². The van der Waals surface area contributed by atoms with Gasteiger partial charge in [-0.25, -0.2) is 4.79 Å². The van der Waals surface area contributed by atoms with E-state index < -0.39 is 42.0 Å². The Balaban J connectivity index is 5.33. The standard InChI is InChI=1S/C16H25F5N2O4S2/c1-4-7-27-13(25)11(6-9-29-3)22-12(24)10(5-8-28-2)23-14(26)15(17,18)16(19,20)21/h10-11H,4-9H2,1-3H3,(H,22,24)(H,23,26). The van der Waals surface area contributed by atoms with E-state index in [1.54, 1.807) is 19.4 Å². The molecular formula is C16H25F5N2O4S2. The van der Waals surface area contributed by atoms with Gasteiger partial charge in [0.05, 0.1) is 6.61 Å². The van der Waals surface area contributed by atoms with Gasteiger partial charge in [-0.15, -0.1) is 0 Å². The fourth-order valence-corrected chi connectivity index (χ4v) is 2.89. The molecule has 0 aromatic carbocycles. The predicted molar refractivity (Wildman–Crippen MR) is 102 cm³/mol. The summed E-state index contributed by atoms with van der Waals surface area (Å²) in [6, 6.07) is -2.78. The largest absolute Gasteiger partial charge is 0.464 e. The smallest absolute Gasteiger partial charge is 0.463 e. The molecule has 0 rings (SSSR count). The monoisotopic (exact) mass is 468 g/mol. The first kappa shape index (κ1) is 27.8. The fourth-order valence-electron chi connectivity index (χ4n) is 1.94. The number of rotatable bonds is 13. The first-order valence-corrected chi connectivity index (χ1v) is 11.4. The van der Waals surface area contributed by atoms with E-state index in [9.17, 15) is 36.3 Å². The molecule has 0 saturated heterocycles. The molecule has 0 bridgehead atoms. The number of hydrogen-bond donors (Lipinski definition) is 2. The van der Waals surface area contributed by atoms with Gasteiger partial charge in [-0.1, -0.05) is 6.92 Å². The average Bonchev–Trinajstić information content (AvgIpc) is 2.64. The van der Waals surface area contributed by atoms with Crippen LogP contribution in [0.5, 0.6) is 0 Å². The van der Waals surface area contributed by atoms with E-state index in [1.807, 2.05) is 0 Å². The maximum Gasteiger partial charge on any atom is 0.463 e. The van der Waals surface area contributed by atoms with Crippen molar-refractivity contribution in [2.75, 3.05) is 30.6 Å². The number of hydrogen-bond acceptors (Lipinski definition) is 6. The van der Waals surface area contributed by atoms with E-state index in [2.05, 4.69) is 5.32 Å². The first-order valence-electron chi connectivity index (χ1n) is 8.62. The molecule has 29 heavy (non-hydrogen) atoms. The summed E-state index contributed by atoms with van der Waals surface area (Å²) in [6.07, 6.45) is -2.21. The number of amides is 2. The molecule has 0 aliphatic heterocycles. The third-order valence-electron chi connectivity index (χ3n) is 3.53. The predicted octanol–water partition coefficient (Wildman–Crippen LogP) is 2.61. The SMILES string of the molecule is CCCOC(=O)C(CCSC)NC(=O)C(CCSC)NC(=O)C(F)(F)C(F)(F)F. The quantitative estimate of drug-likeness (QED) is 0.319. The summed E-state index contributed by atoms with van der Waals surface area (Å²) >= 11 is 2.58. The second kappa shape index (κ2) is 13.1. The Morgan fingerprint density at radius 3 is 1.90 bits per heavy atom. The Morgan fingerprint density at radius 1 is 0.931 bits per heavy atom. The van der Waals surface area contributed by atoms with Crippen LogP contribution >= 0.6 is 23.5 Å². The van der Waals surface area contributed by atoms with E-state index in [0.717, 1.165) is 0 Å². The molecule has 0 radical (unpaired) electrons. The van der Waals surface area contributed by atoms with Gasteiger partial charge in [-0.3, -0.25) is 9.59 Å². The second-order valence-corrected chi connectivity index (χ2v) is 7.86. The normalized spacial score (nSPS) is 14.1. The van der Waals surface area contributed by atoms with Gasteiger partial charge in [0.25, 0.3) is 0 Å². The van der Waals surface area contributed by atoms with Crippen LogP contribution in [0.25, 0.3) is 0 Å². The van der Waals surface area contributed by atoms with Crippen molar-refractivity contribution in [1.29, 1.82) is 0 Å². The Bertz CT molecular complexity index is 550. The van der Waals surface area contributed by atoms with Crippen molar-refractivity contribution in [3.63, 3.8) is 0 Å². The minimum absolute atomic E-state index is 0.106. The molecule has 2 unspecified atom stereocenters. The highest BCUT2D eigenvalue weighted by Gasteiger charge is 2.63. The van der Waals surface area contributed by atoms with E-state index in [0.29, 0.717) is 12.2 Å². The number of thioether (sulfide) groups is 2. The lowest BCUT2D eigenvalue weighted by Gasteiger charge is -2.25. The number of nitrogens with one attached hydrogen (secondary N) is 2. The summed E-state index contributed by atoms with van der Waals surface area (Å²) in [5.41, 5.74) is 0. The van der Waals surface area contributed by atoms with Gasteiger partial charge in [-0.2, -0.15) is 45.5 Å². The van der Waals surface area contributed by atoms with Crippen LogP contribution in [0.4, 0.5) is 22.0 Å². The molecule has 0 spiro atoms. The van der Waals surface area contributed by atoms with Crippen LogP contribution in [0.2, 0.25) is 0 Å². The average molecular weight is 469 g/mol. The van der Waals surface area contributed by atoms with Gasteiger partial charge < -0.3 is 15.4 Å². The second-order valence-electron chi connectivity index (χ2n) is 5.89. The minimum Gasteiger partial charge on any atom is -0.464 e. The van der Waals surface area contributed by atoms with Crippen molar-refractivity contribution in [3.05, 3.63) is 0 Å². The molecule has 0 aromatic rings. The molecule has 0 heterocycles. The van der Waals surface area contributed by atoms with Crippen molar-refractivity contribution in [2.45, 2.75) is 50.4 Å². The van der Waals surface area contributed by atoms with E-state index in [-0.39, 0.29) is 25.2 Å². The molecule has 0 aliphatic carbocycles. The lowest BCUT2D eigenvalue weighted by atomic mass is 10.1. The molecule has 13 heteroatoms. The fraction of sp³-hybridized carbons (Fsp3) is 0.812. The summed E-state index contributed by atoms with van der Waals surface area (Å²) in [6.45, 7) is 1.87. The maximum atomic E-state index is 13.2. The molecule has 0 saturated carbocycles. The number of alkyl halides is 5. The zero-order valence-electron chi connectivity index (χ0n) is 16.2. The Hall–Kier alpha value is -1.24. The lowest BCUT2D eigenvalue weighted by molar-refractivity contribution is -0.270. The van der Waals surface area contributed by atoms with Crippen LogP contribution < -0.4 is 10.6 Å². The van der Waals surface area contributed by atoms with Gasteiger partial charge >= 0.3 is 24.0 Å². The first-order chi connectivity index (χ1) is 13.4. The van der Waals surface area contributed by atoms with E-state index >= 15 is 0 Å². The third-order valence-corrected chi connectivity index (χ3v) is 4.82. The van der Waals surface area contributed by atoms with Crippen LogP contribution in [0.3, 0.4) is 0 Å². The number of halogens is 5. The molecule has 0 aromatic heterocycles. The van der Waals surface area contributed by atoms with Crippen LogP contribution in [0.1, 0.15) is 26.2 Å². The highest BCUT2D eigenvalue weighted by atomic mass is 32.2. The highest BCUT2D eigenvalue weighted by molar-refractivity contribution is 7.98.